The van der Waals surface area contributed by atoms with Gasteiger partial charge in [0.1, 0.15) is 0 Å². The lowest BCUT2D eigenvalue weighted by molar-refractivity contribution is 0.396. The molecule has 0 N–H and O–H groups in total. The molecule has 1 aliphatic rings. The molecule has 0 aromatic heterocycles. The Bertz CT molecular complexity index is 758. The molecule has 0 aliphatic heterocycles. The van der Waals surface area contributed by atoms with Gasteiger partial charge in [-0.15, -0.1) is 0 Å². The Hall–Kier alpha value is -2.07. The number of unbranched alkanes of at least 4 members (excludes halogenated alkanes) is 7. The second kappa shape index (κ2) is 12.6. The van der Waals surface area contributed by atoms with E-state index < -0.39 is 0 Å². The van der Waals surface area contributed by atoms with Gasteiger partial charge in [0.05, 0.1) is 11.6 Å². The molecule has 2 aromatic rings. The first-order valence-corrected chi connectivity index (χ1v) is 12.4. The third kappa shape index (κ3) is 7.02. The minimum absolute atomic E-state index is 0.662. The Morgan fingerprint density at radius 1 is 0.667 bits per heavy atom. The van der Waals surface area contributed by atoms with E-state index in [0.717, 1.165) is 11.5 Å². The average Bonchev–Trinajstić information content (AvgIpc) is 2.81. The highest BCUT2D eigenvalue weighted by Crippen LogP contribution is 2.40. The van der Waals surface area contributed by atoms with Crippen LogP contribution in [0.2, 0.25) is 0 Å². The first kappa shape index (κ1) is 22.6. The minimum atomic E-state index is 0.662. The summed E-state index contributed by atoms with van der Waals surface area (Å²) in [7, 11) is 0. The van der Waals surface area contributed by atoms with E-state index in [1.54, 1.807) is 0 Å². The number of nitrogens with zero attached hydrogens (tertiary/aromatic N) is 1. The fourth-order valence-electron chi connectivity index (χ4n) is 5.01. The summed E-state index contributed by atoms with van der Waals surface area (Å²) in [6.45, 7) is 2.29. The average molecular weight is 402 g/mol. The highest BCUT2D eigenvalue weighted by Gasteiger charge is 2.23. The number of aryl methyl sites for hydroxylation is 1. The molecule has 2 aromatic carbocycles. The predicted octanol–water partition coefficient (Wildman–Crippen LogP) is 8.68. The maximum Gasteiger partial charge on any atom is 0.0991 e. The zero-order valence-electron chi connectivity index (χ0n) is 18.9. The van der Waals surface area contributed by atoms with Crippen LogP contribution in [0.3, 0.4) is 0 Å². The van der Waals surface area contributed by atoms with Crippen molar-refractivity contribution in [2.45, 2.75) is 102 Å². The van der Waals surface area contributed by atoms with E-state index in [0.29, 0.717) is 5.92 Å². The molecule has 1 aliphatic carbocycles. The van der Waals surface area contributed by atoms with E-state index in [1.165, 1.54) is 100 Å². The number of benzene rings is 2. The lowest BCUT2D eigenvalue weighted by atomic mass is 9.76. The van der Waals surface area contributed by atoms with Crippen molar-refractivity contribution in [3.05, 3.63) is 70.8 Å². The molecule has 0 amide bonds. The van der Waals surface area contributed by atoms with Gasteiger partial charge < -0.3 is 0 Å². The Labute approximate surface area is 184 Å². The SMILES string of the molecule is CCCCCCCCCCc1ccc(C2CCC(c3ccc(C#N)cc3)CC2)cc1. The van der Waals surface area contributed by atoms with E-state index in [1.807, 2.05) is 12.1 Å². The number of hydrogen-bond acceptors (Lipinski definition) is 1. The molecule has 160 valence electrons. The predicted molar refractivity (Wildman–Crippen MR) is 128 cm³/mol. The number of rotatable bonds is 11. The van der Waals surface area contributed by atoms with Gasteiger partial charge in [-0.05, 0) is 79.2 Å². The van der Waals surface area contributed by atoms with Gasteiger partial charge in [0.2, 0.25) is 0 Å². The first-order chi connectivity index (χ1) is 14.8. The van der Waals surface area contributed by atoms with Crippen molar-refractivity contribution in [1.82, 2.24) is 0 Å². The van der Waals surface area contributed by atoms with Gasteiger partial charge >= 0.3 is 0 Å². The standard InChI is InChI=1S/C29H39N/c1-2-3-4-5-6-7-8-9-10-24-11-15-26(16-12-24)28-19-21-29(22-20-28)27-17-13-25(23-30)14-18-27/h11-18,28-29H,2-10,19-22H2,1H3. The van der Waals surface area contributed by atoms with E-state index >= 15 is 0 Å². The molecule has 0 spiro atoms. The largest absolute Gasteiger partial charge is 0.192 e. The van der Waals surface area contributed by atoms with Gasteiger partial charge in [-0.3, -0.25) is 0 Å². The minimum Gasteiger partial charge on any atom is -0.192 e. The van der Waals surface area contributed by atoms with E-state index in [2.05, 4.69) is 49.4 Å². The van der Waals surface area contributed by atoms with Gasteiger partial charge in [0.15, 0.2) is 0 Å². The molecule has 0 radical (unpaired) electrons. The van der Waals surface area contributed by atoms with Crippen LogP contribution in [-0.2, 0) is 6.42 Å². The summed E-state index contributed by atoms with van der Waals surface area (Å²) in [6, 6.07) is 20.0. The van der Waals surface area contributed by atoms with Gasteiger partial charge in [-0.25, -0.2) is 0 Å². The van der Waals surface area contributed by atoms with Gasteiger partial charge in [-0.1, -0.05) is 88.3 Å². The fraction of sp³-hybridized carbons (Fsp3) is 0.552. The quantitative estimate of drug-likeness (QED) is 0.345. The molecule has 30 heavy (non-hydrogen) atoms. The monoisotopic (exact) mass is 401 g/mol. The van der Waals surface area contributed by atoms with Crippen LogP contribution in [0.1, 0.15) is 118 Å². The zero-order valence-corrected chi connectivity index (χ0v) is 18.9. The molecule has 1 nitrogen and oxygen atoms in total. The number of hydrogen-bond donors (Lipinski definition) is 0. The van der Waals surface area contributed by atoms with Crippen LogP contribution in [0.4, 0.5) is 0 Å². The van der Waals surface area contributed by atoms with Gasteiger partial charge in [0, 0.05) is 0 Å². The third-order valence-electron chi connectivity index (χ3n) is 7.01. The molecule has 0 unspecified atom stereocenters. The maximum absolute atomic E-state index is 8.98. The van der Waals surface area contributed by atoms with Gasteiger partial charge in [-0.2, -0.15) is 5.26 Å². The Morgan fingerprint density at radius 3 is 1.63 bits per heavy atom. The fourth-order valence-corrected chi connectivity index (χ4v) is 5.01. The van der Waals surface area contributed by atoms with Crippen LogP contribution >= 0.6 is 0 Å². The third-order valence-corrected chi connectivity index (χ3v) is 7.01. The summed E-state index contributed by atoms with van der Waals surface area (Å²) in [5, 5.41) is 8.98. The first-order valence-electron chi connectivity index (χ1n) is 12.4. The smallest absolute Gasteiger partial charge is 0.0991 e. The summed E-state index contributed by atoms with van der Waals surface area (Å²) in [5.74, 6) is 1.38. The summed E-state index contributed by atoms with van der Waals surface area (Å²) in [4.78, 5) is 0. The van der Waals surface area contributed by atoms with Crippen molar-refractivity contribution < 1.29 is 0 Å². The molecule has 0 heterocycles. The Morgan fingerprint density at radius 2 is 1.13 bits per heavy atom. The van der Waals surface area contributed by atoms with Crippen molar-refractivity contribution in [1.29, 1.82) is 5.26 Å². The van der Waals surface area contributed by atoms with Crippen molar-refractivity contribution in [3.63, 3.8) is 0 Å². The molecule has 0 atom stereocenters. The van der Waals surface area contributed by atoms with Crippen molar-refractivity contribution in [2.75, 3.05) is 0 Å². The van der Waals surface area contributed by atoms with Gasteiger partial charge in [0.25, 0.3) is 0 Å². The Kier molecular flexibility index (Phi) is 9.49. The number of nitriles is 1. The topological polar surface area (TPSA) is 23.8 Å². The maximum atomic E-state index is 8.98. The normalized spacial score (nSPS) is 18.8. The summed E-state index contributed by atoms with van der Waals surface area (Å²) in [6.07, 6.45) is 17.5. The second-order valence-electron chi connectivity index (χ2n) is 9.25. The van der Waals surface area contributed by atoms with E-state index in [-0.39, 0.29) is 0 Å². The van der Waals surface area contributed by atoms with E-state index in [9.17, 15) is 0 Å². The molecular formula is C29H39N. The highest BCUT2D eigenvalue weighted by molar-refractivity contribution is 5.33. The Balaban J connectivity index is 1.36. The highest BCUT2D eigenvalue weighted by atomic mass is 14.3. The van der Waals surface area contributed by atoms with Crippen molar-refractivity contribution in [2.24, 2.45) is 0 Å². The molecule has 1 fully saturated rings. The molecular weight excluding hydrogens is 362 g/mol. The lowest BCUT2D eigenvalue weighted by Gasteiger charge is -2.29. The van der Waals surface area contributed by atoms with Crippen LogP contribution in [0, 0.1) is 11.3 Å². The molecule has 3 rings (SSSR count). The van der Waals surface area contributed by atoms with Crippen LogP contribution in [0.25, 0.3) is 0 Å². The van der Waals surface area contributed by atoms with Crippen LogP contribution in [-0.4, -0.2) is 0 Å². The second-order valence-corrected chi connectivity index (χ2v) is 9.25. The summed E-state index contributed by atoms with van der Waals surface area (Å²) < 4.78 is 0. The van der Waals surface area contributed by atoms with Crippen molar-refractivity contribution in [3.8, 4) is 6.07 Å². The molecule has 0 saturated heterocycles. The molecule has 1 saturated carbocycles. The molecule has 0 bridgehead atoms. The zero-order chi connectivity index (χ0) is 21.0. The van der Waals surface area contributed by atoms with Crippen LogP contribution in [0.15, 0.2) is 48.5 Å². The van der Waals surface area contributed by atoms with Crippen LogP contribution < -0.4 is 0 Å². The molecule has 1 heteroatoms. The van der Waals surface area contributed by atoms with Crippen LogP contribution in [0.5, 0.6) is 0 Å². The summed E-state index contributed by atoms with van der Waals surface area (Å²) >= 11 is 0. The summed E-state index contributed by atoms with van der Waals surface area (Å²) in [5.41, 5.74) is 5.22. The van der Waals surface area contributed by atoms with E-state index in [4.69, 9.17) is 5.26 Å². The van der Waals surface area contributed by atoms with Crippen molar-refractivity contribution >= 4 is 0 Å². The lowest BCUT2D eigenvalue weighted by Crippen LogP contribution is -2.12.